The molecule has 2 spiro atoms. The summed E-state index contributed by atoms with van der Waals surface area (Å²) in [5.41, 5.74) is 39.6. The second kappa shape index (κ2) is 26.3. The number of hydrogen-bond donors (Lipinski definition) is 0. The van der Waals surface area contributed by atoms with Crippen LogP contribution in [0, 0.1) is 0 Å². The van der Waals surface area contributed by atoms with Gasteiger partial charge in [-0.3, -0.25) is 0 Å². The van der Waals surface area contributed by atoms with Gasteiger partial charge in [0, 0.05) is 77.8 Å². The molecule has 0 fully saturated rings. The van der Waals surface area contributed by atoms with E-state index in [0.717, 1.165) is 67.6 Å². The zero-order valence-corrected chi connectivity index (χ0v) is 67.2. The van der Waals surface area contributed by atoms with Gasteiger partial charge in [-0.2, -0.15) is 0 Å². The van der Waals surface area contributed by atoms with Crippen molar-refractivity contribution in [1.82, 2.24) is 9.13 Å². The van der Waals surface area contributed by atoms with Crippen molar-refractivity contribution in [3.63, 3.8) is 0 Å². The van der Waals surface area contributed by atoms with E-state index >= 15 is 0 Å². The third-order valence-electron chi connectivity index (χ3n) is 27.4. The number of rotatable bonds is 11. The Labute approximate surface area is 699 Å². The molecule has 0 saturated heterocycles. The van der Waals surface area contributed by atoms with Crippen molar-refractivity contribution in [1.29, 1.82) is 0 Å². The normalized spacial score (nSPS) is 15.1. The Morgan fingerprint density at radius 3 is 1.33 bits per heavy atom. The number of aromatic nitrogens is 2. The maximum Gasteiger partial charge on any atom is 0.0719 e. The molecule has 0 bridgehead atoms. The van der Waals surface area contributed by atoms with Gasteiger partial charge in [0.05, 0.1) is 38.6 Å². The maximum atomic E-state index is 2.54. The van der Waals surface area contributed by atoms with E-state index in [2.05, 4.69) is 471 Å². The second-order valence-electron chi connectivity index (χ2n) is 34.1. The van der Waals surface area contributed by atoms with Gasteiger partial charge in [-0.15, -0.1) is 0 Å². The lowest BCUT2D eigenvalue weighted by Crippen LogP contribution is -2.41. The Balaban J connectivity index is 0.645. The van der Waals surface area contributed by atoms with Crippen LogP contribution in [0.5, 0.6) is 0 Å². The highest BCUT2D eigenvalue weighted by Crippen LogP contribution is 2.67. The Kier molecular flexibility index (Phi) is 15.2. The van der Waals surface area contributed by atoms with Crippen LogP contribution in [-0.2, 0) is 21.7 Å². The molecular weight excluding hydrogens is 1450 g/mol. The molecule has 120 heavy (non-hydrogen) atoms. The molecule has 20 aromatic rings. The van der Waals surface area contributed by atoms with Crippen molar-refractivity contribution in [2.75, 3.05) is 9.80 Å². The summed E-state index contributed by atoms with van der Waals surface area (Å²) in [5, 5.41) is 4.88. The largest absolute Gasteiger partial charge is 0.310 e. The standard InChI is InChI=1S/C116H82N4/c1-113(2)97-57-23-25-59-99(97)116(101-70-67-76(72-104(101)113)75-35-30-42-80(71-75)117(77-36-8-5-9-37-77)83-68-69-88-86-47-17-28-64-106(86)119(109(88)74-83)79-40-12-7-13-41-79)96-56-22-16-49-92(96)110-89(51-32-61-102(110)116)90-52-34-66-108-111(90)93-50-19-29-65-107(93)120(108)82-44-31-43-81(73-82)118(78-38-10-6-11-39-78)105-63-27-18-48-87(105)91-53-33-62-103-112(91)114(3,4)98-58-24-26-60-100(98)115(103)94-54-20-14-45-84(94)85-46-15-21-55-95(85)115/h5-74H,1-4H3. The molecule has 4 aliphatic rings. The maximum absolute atomic E-state index is 2.54. The first-order valence-electron chi connectivity index (χ1n) is 42.1. The monoisotopic (exact) mass is 1530 g/mol. The quantitative estimate of drug-likeness (QED) is 0.128. The van der Waals surface area contributed by atoms with E-state index in [0.29, 0.717) is 0 Å². The summed E-state index contributed by atoms with van der Waals surface area (Å²) in [6.07, 6.45) is 0. The van der Waals surface area contributed by atoms with Gasteiger partial charge in [-0.25, -0.2) is 0 Å². The summed E-state index contributed by atoms with van der Waals surface area (Å²) in [7, 11) is 0. The van der Waals surface area contributed by atoms with Gasteiger partial charge in [0.1, 0.15) is 0 Å². The molecule has 0 aliphatic heterocycles. The molecule has 0 amide bonds. The Morgan fingerprint density at radius 1 is 0.208 bits per heavy atom. The van der Waals surface area contributed by atoms with E-state index < -0.39 is 10.8 Å². The first kappa shape index (κ1) is 69.5. The number of anilines is 6. The summed E-state index contributed by atoms with van der Waals surface area (Å²) < 4.78 is 4.93. The summed E-state index contributed by atoms with van der Waals surface area (Å²) in [6, 6.07) is 160. The van der Waals surface area contributed by atoms with Crippen LogP contribution in [-0.4, -0.2) is 9.13 Å². The van der Waals surface area contributed by atoms with E-state index in [-0.39, 0.29) is 10.8 Å². The van der Waals surface area contributed by atoms with Gasteiger partial charge in [-0.05, 0) is 226 Å². The summed E-state index contributed by atoms with van der Waals surface area (Å²) in [4.78, 5) is 4.91. The molecule has 24 rings (SSSR count). The minimum absolute atomic E-state index is 0.373. The molecule has 0 saturated carbocycles. The fourth-order valence-corrected chi connectivity index (χ4v) is 22.6. The van der Waals surface area contributed by atoms with Crippen LogP contribution < -0.4 is 9.80 Å². The van der Waals surface area contributed by atoms with Gasteiger partial charge in [-0.1, -0.05) is 343 Å². The molecule has 4 aliphatic carbocycles. The van der Waals surface area contributed by atoms with Crippen LogP contribution in [0.2, 0.25) is 0 Å². The molecule has 0 N–H and O–H groups in total. The molecule has 18 aromatic carbocycles. The number of benzene rings is 18. The molecule has 4 heteroatoms. The minimum atomic E-state index is -0.654. The molecule has 4 nitrogen and oxygen atoms in total. The third-order valence-corrected chi connectivity index (χ3v) is 27.4. The van der Waals surface area contributed by atoms with Crippen LogP contribution in [0.1, 0.15) is 94.5 Å². The molecule has 0 radical (unpaired) electrons. The van der Waals surface area contributed by atoms with E-state index in [1.807, 2.05) is 0 Å². The smallest absolute Gasteiger partial charge is 0.0719 e. The molecule has 2 heterocycles. The topological polar surface area (TPSA) is 16.3 Å². The predicted molar refractivity (Wildman–Crippen MR) is 500 cm³/mol. The first-order chi connectivity index (χ1) is 59.1. The average Bonchev–Trinajstić information content (AvgIpc) is 1.45. The number of para-hydroxylation sites is 6. The minimum Gasteiger partial charge on any atom is -0.310 e. The average molecular weight is 1530 g/mol. The lowest BCUT2D eigenvalue weighted by atomic mass is 9.54. The third kappa shape index (κ3) is 9.70. The van der Waals surface area contributed by atoms with Crippen molar-refractivity contribution in [3.05, 3.63) is 491 Å². The van der Waals surface area contributed by atoms with Gasteiger partial charge >= 0.3 is 0 Å². The van der Waals surface area contributed by atoms with Crippen LogP contribution in [0.15, 0.2) is 425 Å². The highest BCUT2D eigenvalue weighted by Gasteiger charge is 2.56. The zero-order chi connectivity index (χ0) is 79.7. The molecular formula is C116H82N4. The van der Waals surface area contributed by atoms with Crippen molar-refractivity contribution in [2.45, 2.75) is 49.4 Å². The van der Waals surface area contributed by atoms with Crippen molar-refractivity contribution in [2.24, 2.45) is 0 Å². The van der Waals surface area contributed by atoms with Crippen LogP contribution >= 0.6 is 0 Å². The Hall–Kier alpha value is -14.8. The highest BCUT2D eigenvalue weighted by atomic mass is 15.2. The zero-order valence-electron chi connectivity index (χ0n) is 67.2. The SMILES string of the molecule is CC1(C)c2ccccc2C2(c3ccccc3-c3c(-c4cccc5c4c4ccccc4n5-c4cccc(N(c5ccccc5)c5ccccc5-c5cccc6c5C(C)(C)c5ccccc5C65c6ccccc6-c6ccccc65)c4)cccc32)c2ccc(-c3cccc(N(c4ccccc4)c4ccc5c6ccccc6n(-c6ccccc6)c5c4)c3)cc21. The van der Waals surface area contributed by atoms with E-state index in [9.17, 15) is 0 Å². The molecule has 2 aromatic heterocycles. The first-order valence-corrected chi connectivity index (χ1v) is 42.1. The van der Waals surface area contributed by atoms with Crippen molar-refractivity contribution < 1.29 is 0 Å². The molecule has 1 unspecified atom stereocenters. The lowest BCUT2D eigenvalue weighted by Gasteiger charge is -2.47. The number of hydrogen-bond acceptors (Lipinski definition) is 2. The number of fused-ring (bicyclic) bond motifs is 24. The summed E-state index contributed by atoms with van der Waals surface area (Å²) in [6.45, 7) is 9.79. The van der Waals surface area contributed by atoms with Crippen molar-refractivity contribution >= 4 is 77.7 Å². The van der Waals surface area contributed by atoms with Gasteiger partial charge in [0.15, 0.2) is 0 Å². The van der Waals surface area contributed by atoms with E-state index in [4.69, 9.17) is 0 Å². The Bertz CT molecular complexity index is 7580. The highest BCUT2D eigenvalue weighted by molar-refractivity contribution is 6.18. The Morgan fingerprint density at radius 2 is 0.633 bits per heavy atom. The lowest BCUT2D eigenvalue weighted by molar-refractivity contribution is 0.563. The predicted octanol–water partition coefficient (Wildman–Crippen LogP) is 29.8. The van der Waals surface area contributed by atoms with E-state index in [1.165, 1.54) is 144 Å². The summed E-state index contributed by atoms with van der Waals surface area (Å²) in [5.74, 6) is 0. The van der Waals surface area contributed by atoms with Crippen LogP contribution in [0.25, 0.3) is 111 Å². The fourth-order valence-electron chi connectivity index (χ4n) is 22.6. The van der Waals surface area contributed by atoms with E-state index in [1.54, 1.807) is 0 Å². The summed E-state index contributed by atoms with van der Waals surface area (Å²) >= 11 is 0. The van der Waals surface area contributed by atoms with Gasteiger partial charge < -0.3 is 18.9 Å². The van der Waals surface area contributed by atoms with Crippen LogP contribution in [0.4, 0.5) is 34.1 Å². The second-order valence-corrected chi connectivity index (χ2v) is 34.1. The van der Waals surface area contributed by atoms with Gasteiger partial charge in [0.2, 0.25) is 0 Å². The molecule has 566 valence electrons. The van der Waals surface area contributed by atoms with Crippen molar-refractivity contribution in [3.8, 4) is 67.0 Å². The number of nitrogens with zero attached hydrogens (tertiary/aromatic N) is 4. The molecule has 1 atom stereocenters. The van der Waals surface area contributed by atoms with Crippen LogP contribution in [0.3, 0.4) is 0 Å². The van der Waals surface area contributed by atoms with Gasteiger partial charge in [0.25, 0.3) is 0 Å². The fraction of sp³-hybridized carbons (Fsp3) is 0.0690.